The van der Waals surface area contributed by atoms with Gasteiger partial charge in [0, 0.05) is 34.3 Å². The number of halogens is 1. The summed E-state index contributed by atoms with van der Waals surface area (Å²) in [6, 6.07) is 14.1. The van der Waals surface area contributed by atoms with Gasteiger partial charge >= 0.3 is 0 Å². The molecule has 1 aliphatic heterocycles. The average Bonchev–Trinajstić information content (AvgIpc) is 2.68. The number of likely N-dealkylation sites (N-methyl/N-ethyl adjacent to an activating group) is 1. The minimum absolute atomic E-state index is 0.453. The molecule has 0 saturated heterocycles. The second-order valence-corrected chi connectivity index (χ2v) is 7.25. The van der Waals surface area contributed by atoms with Crippen molar-refractivity contribution in [3.63, 3.8) is 0 Å². The first kappa shape index (κ1) is 19.4. The zero-order valence-electron chi connectivity index (χ0n) is 15.4. The van der Waals surface area contributed by atoms with E-state index in [1.165, 1.54) is 0 Å². The average molecular weight is 427 g/mol. The van der Waals surface area contributed by atoms with Crippen LogP contribution in [0.25, 0.3) is 0 Å². The summed E-state index contributed by atoms with van der Waals surface area (Å²) >= 11 is 3.46. The largest absolute Gasteiger partial charge is 0.490 e. The lowest BCUT2D eigenvalue weighted by Crippen LogP contribution is -2.17. The van der Waals surface area contributed by atoms with Crippen molar-refractivity contribution in [2.45, 2.75) is 6.61 Å². The molecule has 5 heteroatoms. The van der Waals surface area contributed by atoms with Crippen LogP contribution in [0.5, 0.6) is 5.75 Å². The van der Waals surface area contributed by atoms with Gasteiger partial charge in [-0.3, -0.25) is 4.90 Å². The normalized spacial score (nSPS) is 13.2. The molecule has 2 aromatic rings. The zero-order chi connectivity index (χ0) is 19.1. The summed E-state index contributed by atoms with van der Waals surface area (Å²) in [5.74, 6) is 0.832. The minimum Gasteiger partial charge on any atom is -0.490 e. The van der Waals surface area contributed by atoms with Gasteiger partial charge in [0.2, 0.25) is 0 Å². The Hall–Kier alpha value is -2.37. The summed E-state index contributed by atoms with van der Waals surface area (Å²) < 4.78 is 6.88. The number of rotatable bonds is 8. The lowest BCUT2D eigenvalue weighted by Gasteiger charge is -2.18. The van der Waals surface area contributed by atoms with Crippen molar-refractivity contribution in [1.29, 1.82) is 0 Å². The van der Waals surface area contributed by atoms with E-state index in [1.807, 2.05) is 48.6 Å². The lowest BCUT2D eigenvalue weighted by atomic mass is 9.97. The van der Waals surface area contributed by atoms with Gasteiger partial charge in [-0.2, -0.15) is 0 Å². The molecule has 0 atom stereocenters. The van der Waals surface area contributed by atoms with Crippen LogP contribution in [0.2, 0.25) is 0 Å². The van der Waals surface area contributed by atoms with Crippen molar-refractivity contribution < 1.29 is 9.57 Å². The summed E-state index contributed by atoms with van der Waals surface area (Å²) in [6.07, 6.45) is 6.03. The molecular formula is C22H23BrN2O2. The molecule has 0 N–H and O–H groups in total. The Morgan fingerprint density at radius 1 is 1.19 bits per heavy atom. The number of ether oxygens (including phenoxy) is 1. The Bertz CT molecular complexity index is 844. The molecule has 0 bridgehead atoms. The van der Waals surface area contributed by atoms with E-state index in [-0.39, 0.29) is 0 Å². The molecular weight excluding hydrogens is 404 g/mol. The summed E-state index contributed by atoms with van der Waals surface area (Å²) in [7, 11) is 2.06. The first-order valence-electron chi connectivity index (χ1n) is 8.84. The van der Waals surface area contributed by atoms with E-state index in [2.05, 4.69) is 51.8 Å². The third-order valence-corrected chi connectivity index (χ3v) is 4.72. The monoisotopic (exact) mass is 426 g/mol. The van der Waals surface area contributed by atoms with Crippen LogP contribution in [-0.2, 0) is 11.4 Å². The molecule has 0 aliphatic carbocycles. The summed E-state index contributed by atoms with van der Waals surface area (Å²) in [4.78, 5) is 7.60. The molecule has 0 saturated carbocycles. The highest BCUT2D eigenvalue weighted by Crippen LogP contribution is 2.26. The number of hydrogen-bond acceptors (Lipinski definition) is 4. The van der Waals surface area contributed by atoms with E-state index in [4.69, 9.17) is 9.57 Å². The van der Waals surface area contributed by atoms with E-state index in [9.17, 15) is 0 Å². The molecule has 2 aromatic carbocycles. The number of oxime groups is 1. The van der Waals surface area contributed by atoms with Gasteiger partial charge in [-0.15, -0.1) is 6.58 Å². The van der Waals surface area contributed by atoms with Gasteiger partial charge < -0.3 is 9.57 Å². The van der Waals surface area contributed by atoms with E-state index in [0.717, 1.165) is 45.7 Å². The molecule has 4 nitrogen and oxygen atoms in total. The van der Waals surface area contributed by atoms with E-state index >= 15 is 0 Å². The van der Waals surface area contributed by atoms with Gasteiger partial charge in [0.1, 0.15) is 24.7 Å². The maximum absolute atomic E-state index is 5.84. The van der Waals surface area contributed by atoms with Crippen LogP contribution in [0, 0.1) is 0 Å². The van der Waals surface area contributed by atoms with Crippen molar-refractivity contribution in [1.82, 2.24) is 4.90 Å². The maximum Gasteiger partial charge on any atom is 0.143 e. The minimum atomic E-state index is 0.453. The summed E-state index contributed by atoms with van der Waals surface area (Å²) in [5, 5.41) is 4.26. The third-order valence-electron chi connectivity index (χ3n) is 4.20. The maximum atomic E-state index is 5.84. The Morgan fingerprint density at radius 2 is 2.00 bits per heavy atom. The Balaban J connectivity index is 1.63. The molecule has 27 heavy (non-hydrogen) atoms. The molecule has 1 aliphatic rings. The van der Waals surface area contributed by atoms with E-state index in [0.29, 0.717) is 13.2 Å². The van der Waals surface area contributed by atoms with Gasteiger partial charge in [-0.25, -0.2) is 0 Å². The van der Waals surface area contributed by atoms with Gasteiger partial charge in [-0.1, -0.05) is 51.4 Å². The van der Waals surface area contributed by atoms with Crippen LogP contribution in [0.4, 0.5) is 0 Å². The molecule has 0 aromatic heterocycles. The number of benzene rings is 2. The highest BCUT2D eigenvalue weighted by atomic mass is 79.9. The quantitative estimate of drug-likeness (QED) is 0.569. The van der Waals surface area contributed by atoms with E-state index < -0.39 is 0 Å². The van der Waals surface area contributed by atoms with Gasteiger partial charge in [0.25, 0.3) is 0 Å². The predicted molar refractivity (Wildman–Crippen MR) is 113 cm³/mol. The Labute approximate surface area is 168 Å². The molecule has 3 rings (SSSR count). The van der Waals surface area contributed by atoms with Gasteiger partial charge in [0.05, 0.1) is 0 Å². The van der Waals surface area contributed by atoms with Crippen molar-refractivity contribution in [3.05, 3.63) is 88.4 Å². The van der Waals surface area contributed by atoms with Crippen molar-refractivity contribution >= 4 is 21.6 Å². The summed E-state index contributed by atoms with van der Waals surface area (Å²) in [5.41, 5.74) is 4.03. The second-order valence-electron chi connectivity index (χ2n) is 6.33. The van der Waals surface area contributed by atoms with E-state index in [1.54, 1.807) is 0 Å². The Morgan fingerprint density at radius 3 is 2.78 bits per heavy atom. The molecule has 1 heterocycles. The van der Waals surface area contributed by atoms with Gasteiger partial charge in [-0.05, 0) is 37.4 Å². The number of nitrogens with zero attached hydrogens (tertiary/aromatic N) is 2. The first-order valence-corrected chi connectivity index (χ1v) is 9.63. The fraction of sp³-hybridized carbons (Fsp3) is 0.227. The lowest BCUT2D eigenvalue weighted by molar-refractivity contribution is 0.126. The molecule has 0 spiro atoms. The van der Waals surface area contributed by atoms with Crippen molar-refractivity contribution in [2.75, 3.05) is 26.7 Å². The first-order chi connectivity index (χ1) is 13.2. The molecule has 0 unspecified atom stereocenters. The SMILES string of the molecule is C=CCN(C)C/C=C/COc1ccc2c(c1)CON=C2c1ccc(Br)cc1. The van der Waals surface area contributed by atoms with Crippen LogP contribution >= 0.6 is 15.9 Å². The Kier molecular flexibility index (Phi) is 6.85. The van der Waals surface area contributed by atoms with Crippen LogP contribution in [0.3, 0.4) is 0 Å². The van der Waals surface area contributed by atoms with Crippen molar-refractivity contribution in [3.8, 4) is 5.75 Å². The number of hydrogen-bond donors (Lipinski definition) is 0. The number of fused-ring (bicyclic) bond motifs is 1. The topological polar surface area (TPSA) is 34.1 Å². The molecule has 140 valence electrons. The fourth-order valence-electron chi connectivity index (χ4n) is 2.80. The van der Waals surface area contributed by atoms with Crippen molar-refractivity contribution in [2.24, 2.45) is 5.16 Å². The van der Waals surface area contributed by atoms with Crippen LogP contribution in [-0.4, -0.2) is 37.4 Å². The second kappa shape index (κ2) is 9.53. The molecule has 0 amide bonds. The van der Waals surface area contributed by atoms with Crippen LogP contribution < -0.4 is 4.74 Å². The smallest absolute Gasteiger partial charge is 0.143 e. The van der Waals surface area contributed by atoms with Gasteiger partial charge in [0.15, 0.2) is 0 Å². The predicted octanol–water partition coefficient (Wildman–Crippen LogP) is 4.78. The zero-order valence-corrected chi connectivity index (χ0v) is 17.0. The molecule has 0 radical (unpaired) electrons. The third kappa shape index (κ3) is 5.31. The highest BCUT2D eigenvalue weighted by Gasteiger charge is 2.18. The van der Waals surface area contributed by atoms with Crippen LogP contribution in [0.15, 0.2) is 76.9 Å². The van der Waals surface area contributed by atoms with Crippen LogP contribution in [0.1, 0.15) is 16.7 Å². The summed E-state index contributed by atoms with van der Waals surface area (Å²) in [6.45, 7) is 6.48. The highest BCUT2D eigenvalue weighted by molar-refractivity contribution is 9.10. The fourth-order valence-corrected chi connectivity index (χ4v) is 3.07. The molecule has 0 fully saturated rings. The standard InChI is InChI=1S/C22H23BrN2O2/c1-3-12-25(2)13-4-5-14-26-20-10-11-21-18(15-20)16-27-24-22(21)17-6-8-19(23)9-7-17/h3-11,15H,1,12-14,16H2,2H3/b5-4+.